The first kappa shape index (κ1) is 86.0. The molecule has 0 aliphatic carbocycles. The summed E-state index contributed by atoms with van der Waals surface area (Å²) >= 11 is 8.65. The van der Waals surface area contributed by atoms with Gasteiger partial charge in [-0.2, -0.15) is 25.3 Å². The second-order valence-corrected chi connectivity index (χ2v) is 25.9. The van der Waals surface area contributed by atoms with Crippen LogP contribution in [-0.4, -0.2) is 269 Å². The number of aromatic nitrogens is 1. The van der Waals surface area contributed by atoms with Gasteiger partial charge in [0.15, 0.2) is 0 Å². The Balaban J connectivity index is 0.0000191. The molecule has 0 unspecified atom stereocenters. The topological polar surface area (TPSA) is 469 Å². The van der Waals surface area contributed by atoms with Gasteiger partial charge in [0.2, 0.25) is 47.3 Å². The normalized spacial score (nSPS) is 16.5. The number of aromatic amines is 1. The number of H-pyrrole nitrogens is 1. The van der Waals surface area contributed by atoms with Crippen LogP contribution in [0.3, 0.4) is 0 Å². The van der Waals surface area contributed by atoms with Crippen molar-refractivity contribution in [1.82, 2.24) is 67.1 Å². The average Bonchev–Trinajstić information content (AvgIpc) is 1.81. The van der Waals surface area contributed by atoms with Gasteiger partial charge in [-0.15, -0.1) is 0 Å². The first-order valence-corrected chi connectivity index (χ1v) is 34.9. The van der Waals surface area contributed by atoms with E-state index in [1.807, 2.05) is 24.3 Å². The summed E-state index contributed by atoms with van der Waals surface area (Å²) in [6.45, 7) is 0.589. The number of aliphatic carboxylic acids is 3. The van der Waals surface area contributed by atoms with Crippen LogP contribution in [-0.2, 0) is 105 Å². The second-order valence-electron chi connectivity index (χ2n) is 25.2. The van der Waals surface area contributed by atoms with E-state index in [2.05, 4.69) is 72.8 Å². The molecule has 10 atom stereocenters. The first-order chi connectivity index (χ1) is 48.8. The molecule has 0 saturated carbocycles. The third-order valence-electron chi connectivity index (χ3n) is 17.3. The number of rotatable bonds is 38. The molecule has 1 saturated heterocycles. The number of carbonyl (C=O) groups excluding carboxylic acids is 11. The predicted molar refractivity (Wildman–Crippen MR) is 377 cm³/mol. The molecule has 6 rings (SSSR count). The summed E-state index contributed by atoms with van der Waals surface area (Å²) in [4.78, 5) is 160. The van der Waals surface area contributed by atoms with E-state index < -0.39 is 152 Å². The standard InChI is InChI=1S/C69H96N14O17S2.Y/c1-42(85)55(39-84)76-68(99)57(41-102)78-69(100)62(43(2)86)79-63(94)51(21-10-11-22-70)73-65(96)54(33-47-34-71-50-20-9-8-19-49(47)50)74-66(97)53(32-46-17-12-16-45-15-6-7-18-48(45)46)75-67(98)56(40-101)77-64(95)52(31-44-13-4-3-5-14-44)72-58(87)35-80-23-25-81(36-59(88)89)27-29-83(38-61(92)93)30-28-82(26-24-80)37-60(90)91;/h3-9,12-20,34,42-43,51-57,62,71,84-86,101-102H,10-11,21-33,35-41,70H2,1-2H3,(H,72,87)(H,73,96)(H,74,97)(H,75,98)(H,76,99)(H,77,95)(H,78,100)(H,79,94)(H,88,89)(H,90,91)(H,92,93);/q;+3/p-3/t42-,43-,51+,52-,53+,54-,55-,56+,57+,62+;/m1./s1/i;1+1. The van der Waals surface area contributed by atoms with Crippen molar-refractivity contribution < 1.29 is 116 Å². The fourth-order valence-electron chi connectivity index (χ4n) is 11.7. The first-order valence-electron chi connectivity index (χ1n) is 33.6. The van der Waals surface area contributed by atoms with Crippen molar-refractivity contribution in [3.8, 4) is 0 Å². The molecule has 0 spiro atoms. The van der Waals surface area contributed by atoms with Crippen LogP contribution in [0.2, 0.25) is 0 Å². The second kappa shape index (κ2) is 44.2. The van der Waals surface area contributed by atoms with Gasteiger partial charge in [-0.05, 0) is 73.2 Å². The third kappa shape index (κ3) is 28.4. The number of carboxylic acids is 3. The van der Waals surface area contributed by atoms with E-state index in [4.69, 9.17) is 5.73 Å². The van der Waals surface area contributed by atoms with Crippen LogP contribution < -0.4 is 63.6 Å². The van der Waals surface area contributed by atoms with Gasteiger partial charge in [0.1, 0.15) is 42.3 Å². The SMILES string of the molecule is C[C@@H](O)[C@H](NC(=O)[C@H](CCCCN)NC(=O)[C@@H](Cc1c[nH]c2ccccc12)NC(=O)[C@H](Cc1cccc2ccccc12)NC(=O)[C@H](CS)NC(=O)[C@@H](Cc1ccccc1)NC(=O)CN1CCN(CC(=O)[O-])CCN(CC(=O)[O-])CCN(CC(=O)[O-])CC1)C(=O)N[C@@H](CS)C(=O)N[C@H](CO)[C@@H](C)O.[90Y+3]. The molecule has 4 aromatic carbocycles. The summed E-state index contributed by atoms with van der Waals surface area (Å²) in [5.41, 5.74) is 8.28. The van der Waals surface area contributed by atoms with E-state index in [-0.39, 0.29) is 142 Å². The number of hydrogen-bond donors (Lipinski definition) is 15. The zero-order chi connectivity index (χ0) is 74.4. The van der Waals surface area contributed by atoms with Crippen molar-refractivity contribution in [3.05, 3.63) is 120 Å². The largest absolute Gasteiger partial charge is 3.00 e. The minimum atomic E-state index is -1.72. The number of nitrogens with one attached hydrogen (secondary N) is 9. The van der Waals surface area contributed by atoms with Gasteiger partial charge in [-0.1, -0.05) is 91.0 Å². The van der Waals surface area contributed by atoms with E-state index in [9.17, 15) is 73.8 Å². The third-order valence-corrected chi connectivity index (χ3v) is 18.1. The number of aliphatic hydroxyl groups is 3. The Bertz CT molecular complexity index is 3600. The Labute approximate surface area is 633 Å². The minimum Gasteiger partial charge on any atom is -0.549 e. The van der Waals surface area contributed by atoms with Crippen molar-refractivity contribution in [2.24, 2.45) is 5.73 Å². The number of amides is 8. The molecule has 556 valence electrons. The molecule has 1 fully saturated rings. The molecule has 103 heavy (non-hydrogen) atoms. The zero-order valence-corrected chi connectivity index (χ0v) is 62.2. The number of unbranched alkanes of at least 4 members (excludes halogenated alkanes) is 1. The van der Waals surface area contributed by atoms with Crippen LogP contribution in [0.4, 0.5) is 0 Å². The van der Waals surface area contributed by atoms with E-state index in [0.717, 1.165) is 5.39 Å². The maximum Gasteiger partial charge on any atom is 3.00 e. The fraction of sp³-hybridized carbons (Fsp3) is 0.493. The number of carbonyl (C=O) groups is 11. The summed E-state index contributed by atoms with van der Waals surface area (Å²) in [6.07, 6.45) is -1.04. The molecule has 5 aromatic rings. The minimum absolute atomic E-state index is 0. The van der Waals surface area contributed by atoms with E-state index in [1.165, 1.54) is 28.5 Å². The van der Waals surface area contributed by atoms with Crippen LogP contribution in [0.5, 0.6) is 0 Å². The maximum atomic E-state index is 15.4. The van der Waals surface area contributed by atoms with Crippen molar-refractivity contribution in [3.63, 3.8) is 0 Å². The molecule has 0 bridgehead atoms. The quantitative estimate of drug-likeness (QED) is 0.0129. The Morgan fingerprint density at radius 1 is 0.476 bits per heavy atom. The maximum absolute atomic E-state index is 15.4. The van der Waals surface area contributed by atoms with Gasteiger partial charge < -0.3 is 98.3 Å². The molecular formula is C69H93N14O17S2Y. The molecule has 34 heteroatoms. The van der Waals surface area contributed by atoms with Crippen LogP contribution in [0, 0.1) is 0 Å². The molecular weight excluding hydrogens is 1450 g/mol. The van der Waals surface area contributed by atoms with Crippen molar-refractivity contribution in [2.75, 3.05) is 103 Å². The molecule has 1 aromatic heterocycles. The number of benzene rings is 4. The van der Waals surface area contributed by atoms with Crippen molar-refractivity contribution in [2.45, 2.75) is 113 Å². The Morgan fingerprint density at radius 3 is 1.41 bits per heavy atom. The van der Waals surface area contributed by atoms with Gasteiger partial charge in [-0.3, -0.25) is 58.0 Å². The molecule has 1 aliphatic heterocycles. The Kier molecular flexibility index (Phi) is 36.9. The van der Waals surface area contributed by atoms with Gasteiger partial charge in [0.25, 0.3) is 0 Å². The summed E-state index contributed by atoms with van der Waals surface area (Å²) in [5, 5.41) is 89.3. The van der Waals surface area contributed by atoms with Crippen LogP contribution in [0.1, 0.15) is 49.8 Å². The Morgan fingerprint density at radius 2 is 0.903 bits per heavy atom. The zero-order valence-electron chi connectivity index (χ0n) is 57.5. The summed E-state index contributed by atoms with van der Waals surface area (Å²) in [5.74, 6) is -11.9. The number of nitrogens with two attached hydrogens (primary N) is 1. The molecule has 8 amide bonds. The van der Waals surface area contributed by atoms with Gasteiger partial charge in [-0.25, -0.2) is 0 Å². The molecule has 0 radical (unpaired) electrons. The molecule has 1 aliphatic rings. The monoisotopic (exact) mass is 1540 g/mol. The number of para-hydroxylation sites is 1. The summed E-state index contributed by atoms with van der Waals surface area (Å²) in [6, 6.07) is 16.9. The smallest absolute Gasteiger partial charge is 0.549 e. The molecule has 31 nitrogen and oxygen atoms in total. The average molecular weight is 1540 g/mol. The van der Waals surface area contributed by atoms with E-state index in [1.54, 1.807) is 83.9 Å². The summed E-state index contributed by atoms with van der Waals surface area (Å²) in [7, 11) is 0. The number of nitrogens with zero attached hydrogens (tertiary/aromatic N) is 4. The predicted octanol–water partition coefficient (Wildman–Crippen LogP) is -6.56. The summed E-state index contributed by atoms with van der Waals surface area (Å²) < 4.78 is 0. The molecule has 14 N–H and O–H groups in total. The number of fused-ring (bicyclic) bond motifs is 2. The number of carboxylic acid groups (broad SMARTS) is 3. The molecule has 2 heterocycles. The van der Waals surface area contributed by atoms with Crippen LogP contribution in [0.15, 0.2) is 103 Å². The van der Waals surface area contributed by atoms with E-state index >= 15 is 9.59 Å². The van der Waals surface area contributed by atoms with E-state index in [0.29, 0.717) is 39.4 Å². The van der Waals surface area contributed by atoms with Gasteiger partial charge >= 0.3 is 32.7 Å². The fourth-order valence-corrected chi connectivity index (χ4v) is 12.2. The number of hydrogen-bond acceptors (Lipinski definition) is 24. The van der Waals surface area contributed by atoms with Crippen LogP contribution in [0.25, 0.3) is 21.7 Å². The van der Waals surface area contributed by atoms with Gasteiger partial charge in [0.05, 0.1) is 49.3 Å². The van der Waals surface area contributed by atoms with Crippen LogP contribution >= 0.6 is 25.3 Å². The van der Waals surface area contributed by atoms with Gasteiger partial charge in [0, 0.05) is 120 Å². The van der Waals surface area contributed by atoms with Crippen molar-refractivity contribution in [1.29, 1.82) is 0 Å². The number of aliphatic hydroxyl groups excluding tert-OH is 3. The number of thiol groups is 2. The Hall–Kier alpha value is -7.67. The van der Waals surface area contributed by atoms with Crippen molar-refractivity contribution >= 4 is 112 Å².